The van der Waals surface area contributed by atoms with E-state index in [4.69, 9.17) is 5.11 Å². The van der Waals surface area contributed by atoms with Crippen molar-refractivity contribution in [2.24, 2.45) is 0 Å². The molecule has 0 saturated heterocycles. The Bertz CT molecular complexity index is 458. The molecule has 1 unspecified atom stereocenters. The average Bonchev–Trinajstić information content (AvgIpc) is 2.46. The fourth-order valence-corrected chi connectivity index (χ4v) is 1.08. The van der Waals surface area contributed by atoms with Crippen LogP contribution in [0.25, 0.3) is 0 Å². The number of aliphatic hydroxyl groups excluding tert-OH is 1. The molecule has 0 amide bonds. The number of benzene rings is 1. The van der Waals surface area contributed by atoms with Gasteiger partial charge in [0.1, 0.15) is 11.9 Å². The number of rotatable bonds is 4. The maximum atomic E-state index is 12.0. The molecule has 0 radical (unpaired) electrons. The Hall–Kier alpha value is -2.02. The molecule has 118 valence electrons. The molecule has 0 saturated carbocycles. The van der Waals surface area contributed by atoms with Gasteiger partial charge in [0, 0.05) is 6.08 Å². The summed E-state index contributed by atoms with van der Waals surface area (Å²) in [7, 11) is 1.33. The summed E-state index contributed by atoms with van der Waals surface area (Å²) in [5.74, 6) is -0.290. The van der Waals surface area contributed by atoms with Crippen LogP contribution in [-0.2, 0) is 15.7 Å². The third-order valence-corrected chi connectivity index (χ3v) is 2.14. The van der Waals surface area contributed by atoms with Crippen molar-refractivity contribution in [2.45, 2.75) is 19.2 Å². The summed E-state index contributed by atoms with van der Waals surface area (Å²) in [4.78, 5) is 10.3. The number of ether oxygens (including phenoxy) is 2. The van der Waals surface area contributed by atoms with Crippen molar-refractivity contribution in [3.63, 3.8) is 0 Å². The zero-order chi connectivity index (χ0) is 16.5. The monoisotopic (exact) mass is 306 g/mol. The van der Waals surface area contributed by atoms with Crippen LogP contribution in [0.15, 0.2) is 36.9 Å². The van der Waals surface area contributed by atoms with Crippen LogP contribution in [0.3, 0.4) is 0 Å². The molecule has 21 heavy (non-hydrogen) atoms. The minimum Gasteiger partial charge on any atom is -0.497 e. The molecule has 1 N–H and O–H groups in total. The van der Waals surface area contributed by atoms with Crippen molar-refractivity contribution in [3.05, 3.63) is 42.5 Å². The number of hydrogen-bond donors (Lipinski definition) is 1. The summed E-state index contributed by atoms with van der Waals surface area (Å²) in [6.45, 7) is 4.64. The van der Waals surface area contributed by atoms with Crippen LogP contribution in [0.5, 0.6) is 5.75 Å². The second-order valence-electron chi connectivity index (χ2n) is 3.86. The number of carbonyl (C=O) groups is 1. The third kappa shape index (κ3) is 7.98. The summed E-state index contributed by atoms with van der Waals surface area (Å²) in [5, 5.41) is 8.37. The highest BCUT2D eigenvalue weighted by Gasteiger charge is 2.30. The molecule has 0 bridgehead atoms. The van der Waals surface area contributed by atoms with Gasteiger partial charge >= 0.3 is 12.1 Å². The lowest BCUT2D eigenvalue weighted by Gasteiger charge is -2.07. The van der Waals surface area contributed by atoms with Gasteiger partial charge in [-0.25, -0.2) is 4.79 Å². The van der Waals surface area contributed by atoms with Crippen molar-refractivity contribution in [1.29, 1.82) is 0 Å². The summed E-state index contributed by atoms with van der Waals surface area (Å²) in [6, 6.07) is 4.74. The lowest BCUT2D eigenvalue weighted by molar-refractivity contribution is -0.143. The van der Waals surface area contributed by atoms with Crippen LogP contribution >= 0.6 is 0 Å². The second-order valence-corrected chi connectivity index (χ2v) is 3.86. The Morgan fingerprint density at radius 2 is 2.10 bits per heavy atom. The van der Waals surface area contributed by atoms with Gasteiger partial charge in [0.25, 0.3) is 0 Å². The Labute approximate surface area is 120 Å². The topological polar surface area (TPSA) is 55.8 Å². The molecule has 1 aromatic rings. The van der Waals surface area contributed by atoms with E-state index in [1.165, 1.54) is 19.2 Å². The molecule has 0 aliphatic heterocycles. The normalized spacial score (nSPS) is 11.7. The number of methoxy groups -OCH3 is 1. The van der Waals surface area contributed by atoms with E-state index in [-0.39, 0.29) is 12.4 Å². The zero-order valence-corrected chi connectivity index (χ0v) is 11.7. The van der Waals surface area contributed by atoms with E-state index in [0.717, 1.165) is 18.2 Å². The van der Waals surface area contributed by atoms with E-state index in [1.54, 1.807) is 6.92 Å². The van der Waals surface area contributed by atoms with Gasteiger partial charge in [0.15, 0.2) is 0 Å². The van der Waals surface area contributed by atoms with Crippen LogP contribution in [-0.4, -0.2) is 30.9 Å². The first-order valence-corrected chi connectivity index (χ1v) is 5.89. The van der Waals surface area contributed by atoms with Crippen LogP contribution in [0.4, 0.5) is 13.2 Å². The molecule has 0 aliphatic rings. The van der Waals surface area contributed by atoms with Gasteiger partial charge in [-0.2, -0.15) is 13.2 Å². The van der Waals surface area contributed by atoms with Gasteiger partial charge < -0.3 is 14.6 Å². The smallest absolute Gasteiger partial charge is 0.416 e. The lowest BCUT2D eigenvalue weighted by atomic mass is 10.2. The summed E-state index contributed by atoms with van der Waals surface area (Å²) in [6.07, 6.45) is -3.67. The lowest BCUT2D eigenvalue weighted by Crippen LogP contribution is -2.16. The Balaban J connectivity index is 0.000000400. The molecule has 1 rings (SSSR count). The van der Waals surface area contributed by atoms with Crippen LogP contribution < -0.4 is 4.74 Å². The third-order valence-electron chi connectivity index (χ3n) is 2.14. The minimum atomic E-state index is -4.30. The van der Waals surface area contributed by atoms with Gasteiger partial charge in [-0.15, -0.1) is 0 Å². The number of halogens is 3. The predicted molar refractivity (Wildman–Crippen MR) is 70.8 cm³/mol. The molecule has 0 fully saturated rings. The van der Waals surface area contributed by atoms with Crippen LogP contribution in [0, 0.1) is 0 Å². The Kier molecular flexibility index (Phi) is 8.15. The molecule has 4 nitrogen and oxygen atoms in total. The fraction of sp³-hybridized carbons (Fsp3) is 0.357. The largest absolute Gasteiger partial charge is 0.497 e. The zero-order valence-electron chi connectivity index (χ0n) is 11.7. The molecule has 1 atom stereocenters. The SMILES string of the molecule is C=CC(=O)OC(C)CO.COc1cccc(C(F)(F)F)c1. The predicted octanol–water partition coefficient (Wildman–Crippen LogP) is 2.81. The maximum absolute atomic E-state index is 12.0. The van der Waals surface area contributed by atoms with E-state index in [0.29, 0.717) is 0 Å². The number of aliphatic hydroxyl groups is 1. The molecule has 7 heteroatoms. The fourth-order valence-electron chi connectivity index (χ4n) is 1.08. The average molecular weight is 306 g/mol. The van der Waals surface area contributed by atoms with Crippen molar-refractivity contribution < 1.29 is 32.5 Å². The molecular formula is C14H17F3O4. The number of hydrogen-bond acceptors (Lipinski definition) is 4. The second kappa shape index (κ2) is 9.02. The first-order valence-electron chi connectivity index (χ1n) is 5.89. The quantitative estimate of drug-likeness (QED) is 0.686. The molecule has 0 aromatic heterocycles. The summed E-state index contributed by atoms with van der Waals surface area (Å²) >= 11 is 0. The highest BCUT2D eigenvalue weighted by molar-refractivity contribution is 5.81. The van der Waals surface area contributed by atoms with Crippen molar-refractivity contribution in [3.8, 4) is 5.75 Å². The maximum Gasteiger partial charge on any atom is 0.416 e. The first kappa shape index (κ1) is 19.0. The van der Waals surface area contributed by atoms with Crippen molar-refractivity contribution >= 4 is 5.97 Å². The van der Waals surface area contributed by atoms with E-state index < -0.39 is 23.8 Å². The Morgan fingerprint density at radius 1 is 1.48 bits per heavy atom. The number of esters is 1. The first-order chi connectivity index (χ1) is 9.74. The Morgan fingerprint density at radius 3 is 2.52 bits per heavy atom. The number of alkyl halides is 3. The van der Waals surface area contributed by atoms with Crippen LogP contribution in [0.1, 0.15) is 12.5 Å². The summed E-state index contributed by atoms with van der Waals surface area (Å²) in [5.41, 5.74) is -0.693. The molecule has 0 heterocycles. The summed E-state index contributed by atoms with van der Waals surface area (Å²) < 4.78 is 45.3. The molecule has 0 aliphatic carbocycles. The van der Waals surface area contributed by atoms with E-state index in [1.807, 2.05) is 0 Å². The van der Waals surface area contributed by atoms with Crippen molar-refractivity contribution in [2.75, 3.05) is 13.7 Å². The van der Waals surface area contributed by atoms with Gasteiger partial charge in [-0.1, -0.05) is 12.6 Å². The van der Waals surface area contributed by atoms with E-state index in [9.17, 15) is 18.0 Å². The van der Waals surface area contributed by atoms with Gasteiger partial charge in [0.05, 0.1) is 19.3 Å². The van der Waals surface area contributed by atoms with Crippen LogP contribution in [0.2, 0.25) is 0 Å². The highest BCUT2D eigenvalue weighted by Crippen LogP contribution is 2.30. The molecule has 0 spiro atoms. The standard InChI is InChI=1S/C8H7F3O.C6H10O3/c1-12-7-4-2-3-6(5-7)8(9,10)11;1-3-6(8)9-5(2)4-7/h2-5H,1H3;3,5,7H,1,4H2,2H3. The molecular weight excluding hydrogens is 289 g/mol. The highest BCUT2D eigenvalue weighted by atomic mass is 19.4. The van der Waals surface area contributed by atoms with E-state index >= 15 is 0 Å². The molecule has 1 aromatic carbocycles. The van der Waals surface area contributed by atoms with Gasteiger partial charge in [-0.05, 0) is 25.1 Å². The van der Waals surface area contributed by atoms with Gasteiger partial charge in [0.2, 0.25) is 0 Å². The van der Waals surface area contributed by atoms with Crippen molar-refractivity contribution in [1.82, 2.24) is 0 Å². The minimum absolute atomic E-state index is 0.153. The number of carbonyl (C=O) groups excluding carboxylic acids is 1. The van der Waals surface area contributed by atoms with E-state index in [2.05, 4.69) is 16.1 Å². The van der Waals surface area contributed by atoms with Gasteiger partial charge in [-0.3, -0.25) is 0 Å².